The number of aromatic nitrogens is 2. The second-order valence-corrected chi connectivity index (χ2v) is 7.91. The molecule has 4 aromatic rings. The average molecular weight is 443 g/mol. The summed E-state index contributed by atoms with van der Waals surface area (Å²) in [7, 11) is 0. The molecule has 0 radical (unpaired) electrons. The zero-order valence-corrected chi connectivity index (χ0v) is 18.0. The number of hydrogen-bond acceptors (Lipinski definition) is 4. The van der Waals surface area contributed by atoms with Gasteiger partial charge in [0, 0.05) is 0 Å². The van der Waals surface area contributed by atoms with Gasteiger partial charge in [0.15, 0.2) is 5.92 Å². The Balaban J connectivity index is 1.75. The van der Waals surface area contributed by atoms with Gasteiger partial charge in [-0.3, -0.25) is 14.5 Å². The van der Waals surface area contributed by atoms with Crippen LogP contribution in [-0.2, 0) is 20.9 Å². The third-order valence-corrected chi connectivity index (χ3v) is 5.88. The van der Waals surface area contributed by atoms with E-state index in [0.717, 1.165) is 11.1 Å². The second-order valence-electron chi connectivity index (χ2n) is 7.91. The SMILES string of the molecule is CCOC(=O)[C@H]1C(=O)N(Cc2ccccc2)c2nc3ccccc3n2[C@H]1c1ccc(F)cc1. The molecule has 5 rings (SSSR count). The number of nitrogens with zero attached hydrogens (tertiary/aromatic N) is 3. The van der Waals surface area contributed by atoms with Crippen LogP contribution >= 0.6 is 0 Å². The van der Waals surface area contributed by atoms with Gasteiger partial charge >= 0.3 is 5.97 Å². The molecule has 0 fully saturated rings. The van der Waals surface area contributed by atoms with Gasteiger partial charge in [0.25, 0.3) is 0 Å². The molecule has 0 N–H and O–H groups in total. The highest BCUT2D eigenvalue weighted by molar-refractivity contribution is 6.08. The van der Waals surface area contributed by atoms with Crippen LogP contribution in [0.1, 0.15) is 24.1 Å². The van der Waals surface area contributed by atoms with Gasteiger partial charge < -0.3 is 9.30 Å². The van der Waals surface area contributed by atoms with Crippen molar-refractivity contribution in [2.45, 2.75) is 19.5 Å². The van der Waals surface area contributed by atoms with E-state index in [9.17, 15) is 14.0 Å². The van der Waals surface area contributed by atoms with Crippen molar-refractivity contribution >= 4 is 28.9 Å². The first-order valence-corrected chi connectivity index (χ1v) is 10.8. The number of esters is 1. The summed E-state index contributed by atoms with van der Waals surface area (Å²) in [4.78, 5) is 33.3. The summed E-state index contributed by atoms with van der Waals surface area (Å²) < 4.78 is 20.9. The van der Waals surface area contributed by atoms with Crippen molar-refractivity contribution < 1.29 is 18.7 Å². The van der Waals surface area contributed by atoms with E-state index in [0.29, 0.717) is 17.0 Å². The summed E-state index contributed by atoms with van der Waals surface area (Å²) in [5, 5.41) is 0. The van der Waals surface area contributed by atoms with Crippen LogP contribution in [0.3, 0.4) is 0 Å². The van der Waals surface area contributed by atoms with Crippen LogP contribution in [0, 0.1) is 11.7 Å². The van der Waals surface area contributed by atoms with E-state index in [2.05, 4.69) is 0 Å². The molecule has 2 atom stereocenters. The molecule has 1 aromatic heterocycles. The molecule has 0 unspecified atom stereocenters. The Kier molecular flexibility index (Phi) is 5.38. The lowest BCUT2D eigenvalue weighted by Gasteiger charge is -2.38. The lowest BCUT2D eigenvalue weighted by atomic mass is 9.89. The summed E-state index contributed by atoms with van der Waals surface area (Å²) in [6.45, 7) is 2.11. The van der Waals surface area contributed by atoms with Crippen molar-refractivity contribution in [2.75, 3.05) is 11.5 Å². The Hall–Kier alpha value is -4.00. The molecule has 0 saturated carbocycles. The van der Waals surface area contributed by atoms with E-state index >= 15 is 0 Å². The summed E-state index contributed by atoms with van der Waals surface area (Å²) >= 11 is 0. The molecule has 1 aliphatic rings. The van der Waals surface area contributed by atoms with Crippen molar-refractivity contribution in [3.05, 3.63) is 95.8 Å². The van der Waals surface area contributed by atoms with Crippen LogP contribution in [0.4, 0.5) is 10.3 Å². The molecule has 2 heterocycles. The fourth-order valence-electron chi connectivity index (χ4n) is 4.42. The molecule has 7 heteroatoms. The minimum absolute atomic E-state index is 0.148. The van der Waals surface area contributed by atoms with Crippen LogP contribution in [0.2, 0.25) is 0 Å². The molecular formula is C26H22FN3O3. The van der Waals surface area contributed by atoms with Gasteiger partial charge in [-0.05, 0) is 42.3 Å². The predicted molar refractivity (Wildman–Crippen MR) is 122 cm³/mol. The van der Waals surface area contributed by atoms with Crippen molar-refractivity contribution in [3.63, 3.8) is 0 Å². The van der Waals surface area contributed by atoms with Crippen LogP contribution in [0.15, 0.2) is 78.9 Å². The van der Waals surface area contributed by atoms with Crippen LogP contribution in [0.5, 0.6) is 0 Å². The fourth-order valence-corrected chi connectivity index (χ4v) is 4.42. The maximum Gasteiger partial charge on any atom is 0.321 e. The standard InChI is InChI=1S/C26H22FN3O3/c1-2-33-25(32)22-23(18-12-14-19(27)15-13-18)30-21-11-7-6-10-20(21)28-26(30)29(24(22)31)16-17-8-4-3-5-9-17/h3-15,22-23H,2,16H2,1H3/t22-,23+/m1/s1. The van der Waals surface area contributed by atoms with Crippen LogP contribution < -0.4 is 4.90 Å². The van der Waals surface area contributed by atoms with Crippen LogP contribution in [-0.4, -0.2) is 28.0 Å². The van der Waals surface area contributed by atoms with E-state index in [4.69, 9.17) is 9.72 Å². The number of fused-ring (bicyclic) bond motifs is 3. The number of carbonyl (C=O) groups excluding carboxylic acids is 2. The monoisotopic (exact) mass is 443 g/mol. The minimum Gasteiger partial charge on any atom is -0.465 e. The maximum atomic E-state index is 13.8. The molecule has 0 saturated heterocycles. The largest absolute Gasteiger partial charge is 0.465 e. The summed E-state index contributed by atoms with van der Waals surface area (Å²) in [5.41, 5.74) is 3.02. The average Bonchev–Trinajstić information content (AvgIpc) is 3.21. The zero-order chi connectivity index (χ0) is 22.9. The molecular weight excluding hydrogens is 421 g/mol. The molecule has 0 bridgehead atoms. The van der Waals surface area contributed by atoms with Crippen LogP contribution in [0.25, 0.3) is 11.0 Å². The molecule has 0 spiro atoms. The Bertz CT molecular complexity index is 1320. The molecule has 1 aliphatic heterocycles. The van der Waals surface area contributed by atoms with E-state index in [1.807, 2.05) is 59.2 Å². The highest BCUT2D eigenvalue weighted by Gasteiger charge is 2.47. The van der Waals surface area contributed by atoms with E-state index < -0.39 is 29.7 Å². The number of halogens is 1. The summed E-state index contributed by atoms with van der Waals surface area (Å²) in [6, 6.07) is 22.2. The van der Waals surface area contributed by atoms with Crippen molar-refractivity contribution in [1.29, 1.82) is 0 Å². The first kappa shape index (κ1) is 20.9. The van der Waals surface area contributed by atoms with Gasteiger partial charge in [0.1, 0.15) is 5.82 Å². The normalized spacial score (nSPS) is 17.8. The highest BCUT2D eigenvalue weighted by atomic mass is 19.1. The van der Waals surface area contributed by atoms with Crippen molar-refractivity contribution in [3.8, 4) is 0 Å². The number of benzene rings is 3. The molecule has 3 aromatic carbocycles. The van der Waals surface area contributed by atoms with Crippen molar-refractivity contribution in [1.82, 2.24) is 9.55 Å². The highest BCUT2D eigenvalue weighted by Crippen LogP contribution is 2.41. The Morgan fingerprint density at radius 3 is 2.42 bits per heavy atom. The number of imidazole rings is 1. The van der Waals surface area contributed by atoms with Gasteiger partial charge in [-0.2, -0.15) is 0 Å². The number of para-hydroxylation sites is 2. The van der Waals surface area contributed by atoms with Gasteiger partial charge in [0.05, 0.1) is 30.2 Å². The third kappa shape index (κ3) is 3.65. The fraction of sp³-hybridized carbons (Fsp3) is 0.192. The molecule has 33 heavy (non-hydrogen) atoms. The number of hydrogen-bond donors (Lipinski definition) is 0. The summed E-state index contributed by atoms with van der Waals surface area (Å²) in [5.74, 6) is -2.09. The number of anilines is 1. The smallest absolute Gasteiger partial charge is 0.321 e. The second kappa shape index (κ2) is 8.50. The zero-order valence-electron chi connectivity index (χ0n) is 18.0. The minimum atomic E-state index is -1.13. The predicted octanol–water partition coefficient (Wildman–Crippen LogP) is 4.49. The van der Waals surface area contributed by atoms with Crippen molar-refractivity contribution in [2.24, 2.45) is 5.92 Å². The maximum absolute atomic E-state index is 13.8. The lowest BCUT2D eigenvalue weighted by Crippen LogP contribution is -2.49. The molecule has 1 amide bonds. The lowest BCUT2D eigenvalue weighted by molar-refractivity contribution is -0.153. The van der Waals surface area contributed by atoms with Gasteiger partial charge in [-0.25, -0.2) is 9.37 Å². The topological polar surface area (TPSA) is 64.4 Å². The number of carbonyl (C=O) groups is 2. The molecule has 0 aliphatic carbocycles. The third-order valence-electron chi connectivity index (χ3n) is 5.88. The van der Waals surface area contributed by atoms with Gasteiger partial charge in [-0.1, -0.05) is 54.6 Å². The Morgan fingerprint density at radius 2 is 1.70 bits per heavy atom. The number of rotatable bonds is 5. The van der Waals surface area contributed by atoms with E-state index in [1.165, 1.54) is 17.0 Å². The number of ether oxygens (including phenoxy) is 1. The first-order valence-electron chi connectivity index (χ1n) is 10.8. The Morgan fingerprint density at radius 1 is 1.00 bits per heavy atom. The molecule has 166 valence electrons. The van der Waals surface area contributed by atoms with E-state index in [1.54, 1.807) is 19.1 Å². The Labute approximate surface area is 190 Å². The van der Waals surface area contributed by atoms with Gasteiger partial charge in [0.2, 0.25) is 11.9 Å². The molecule has 6 nitrogen and oxygen atoms in total. The number of amides is 1. The summed E-state index contributed by atoms with van der Waals surface area (Å²) in [6.07, 6.45) is 0. The van der Waals surface area contributed by atoms with E-state index in [-0.39, 0.29) is 13.2 Å². The van der Waals surface area contributed by atoms with Gasteiger partial charge in [-0.15, -0.1) is 0 Å². The quantitative estimate of drug-likeness (QED) is 0.337. The first-order chi connectivity index (χ1) is 16.1.